The molecule has 1 fully saturated rings. The minimum Gasteiger partial charge on any atom is -0.349 e. The Morgan fingerprint density at radius 2 is 2.08 bits per heavy atom. The van der Waals surface area contributed by atoms with Crippen LogP contribution in [0.1, 0.15) is 34.1 Å². The van der Waals surface area contributed by atoms with Crippen LogP contribution in [0, 0.1) is 0 Å². The molecule has 24 heavy (non-hydrogen) atoms. The molecule has 1 aliphatic rings. The van der Waals surface area contributed by atoms with Crippen molar-refractivity contribution in [3.8, 4) is 0 Å². The lowest BCUT2D eigenvalue weighted by Crippen LogP contribution is -2.41. The van der Waals surface area contributed by atoms with E-state index < -0.39 is 9.84 Å². The zero-order valence-electron chi connectivity index (χ0n) is 13.7. The van der Waals surface area contributed by atoms with Crippen LogP contribution in [-0.2, 0) is 9.84 Å². The second-order valence-electron chi connectivity index (χ2n) is 5.73. The molecule has 0 saturated carbocycles. The van der Waals surface area contributed by atoms with E-state index >= 15 is 0 Å². The summed E-state index contributed by atoms with van der Waals surface area (Å²) >= 11 is 0. The molecule has 1 heterocycles. The van der Waals surface area contributed by atoms with Crippen molar-refractivity contribution in [2.45, 2.75) is 19.4 Å². The number of hydrogen-bond acceptors (Lipinski definition) is 4. The van der Waals surface area contributed by atoms with Crippen molar-refractivity contribution >= 4 is 21.7 Å². The summed E-state index contributed by atoms with van der Waals surface area (Å²) in [6.45, 7) is 6.13. The molecule has 1 N–H and O–H groups in total. The molecule has 0 aliphatic carbocycles. The number of rotatable bonds is 6. The summed E-state index contributed by atoms with van der Waals surface area (Å²) in [4.78, 5) is 26.3. The van der Waals surface area contributed by atoms with Gasteiger partial charge in [0.2, 0.25) is 0 Å². The molecule has 0 spiro atoms. The maximum atomic E-state index is 12.7. The fourth-order valence-corrected chi connectivity index (χ4v) is 4.55. The van der Waals surface area contributed by atoms with E-state index in [-0.39, 0.29) is 29.4 Å². The van der Waals surface area contributed by atoms with E-state index in [2.05, 4.69) is 11.9 Å². The third-order valence-corrected chi connectivity index (χ3v) is 5.78. The Labute approximate surface area is 142 Å². The van der Waals surface area contributed by atoms with Crippen LogP contribution in [-0.4, -0.2) is 55.8 Å². The summed E-state index contributed by atoms with van der Waals surface area (Å²) in [5, 5.41) is 2.66. The van der Waals surface area contributed by atoms with Gasteiger partial charge in [-0.05, 0) is 31.5 Å². The van der Waals surface area contributed by atoms with Gasteiger partial charge in [-0.3, -0.25) is 9.59 Å². The van der Waals surface area contributed by atoms with Gasteiger partial charge in [-0.15, -0.1) is 6.58 Å². The van der Waals surface area contributed by atoms with E-state index in [1.807, 2.05) is 6.92 Å². The van der Waals surface area contributed by atoms with Crippen molar-refractivity contribution in [3.63, 3.8) is 0 Å². The molecule has 1 aromatic rings. The number of sulfone groups is 1. The van der Waals surface area contributed by atoms with E-state index in [0.717, 1.165) is 0 Å². The van der Waals surface area contributed by atoms with Crippen molar-refractivity contribution in [2.24, 2.45) is 0 Å². The van der Waals surface area contributed by atoms with Gasteiger partial charge in [0.25, 0.3) is 11.8 Å². The number of carbonyl (C=O) groups is 2. The maximum absolute atomic E-state index is 12.7. The van der Waals surface area contributed by atoms with E-state index in [4.69, 9.17) is 0 Å². The predicted octanol–water partition coefficient (Wildman–Crippen LogP) is 1.25. The number of nitrogens with zero attached hydrogens (tertiary/aromatic N) is 1. The average molecular weight is 350 g/mol. The lowest BCUT2D eigenvalue weighted by atomic mass is 10.1. The quantitative estimate of drug-likeness (QED) is 0.783. The Hall–Kier alpha value is -2.15. The molecule has 0 aromatic heterocycles. The molecule has 1 unspecified atom stereocenters. The largest absolute Gasteiger partial charge is 0.349 e. The monoisotopic (exact) mass is 350 g/mol. The van der Waals surface area contributed by atoms with Crippen molar-refractivity contribution < 1.29 is 18.0 Å². The van der Waals surface area contributed by atoms with Gasteiger partial charge in [0.15, 0.2) is 9.84 Å². The molecule has 1 atom stereocenters. The first-order chi connectivity index (χ1) is 11.4. The highest BCUT2D eigenvalue weighted by molar-refractivity contribution is 7.91. The Bertz CT molecular complexity index is 743. The lowest BCUT2D eigenvalue weighted by molar-refractivity contribution is 0.0708. The summed E-state index contributed by atoms with van der Waals surface area (Å²) < 4.78 is 23.3. The Morgan fingerprint density at radius 1 is 1.38 bits per heavy atom. The van der Waals surface area contributed by atoms with Crippen LogP contribution in [0.2, 0.25) is 0 Å². The van der Waals surface area contributed by atoms with Crippen LogP contribution in [0.15, 0.2) is 36.9 Å². The summed E-state index contributed by atoms with van der Waals surface area (Å²) in [5.74, 6) is -0.411. The summed E-state index contributed by atoms with van der Waals surface area (Å²) in [6.07, 6.45) is 2.04. The fraction of sp³-hybridized carbons (Fsp3) is 0.412. The van der Waals surface area contributed by atoms with E-state index in [1.165, 1.54) is 6.07 Å². The smallest absolute Gasteiger partial charge is 0.254 e. The summed E-state index contributed by atoms with van der Waals surface area (Å²) in [7, 11) is -3.07. The maximum Gasteiger partial charge on any atom is 0.254 e. The topological polar surface area (TPSA) is 83.6 Å². The van der Waals surface area contributed by atoms with Gasteiger partial charge in [0, 0.05) is 30.3 Å². The van der Waals surface area contributed by atoms with Gasteiger partial charge >= 0.3 is 0 Å². The van der Waals surface area contributed by atoms with Crippen LogP contribution in [0.4, 0.5) is 0 Å². The molecule has 1 saturated heterocycles. The SMILES string of the molecule is C=CCNC(=O)c1cccc(C(=O)N(CC)C2CCS(=O)(=O)C2)c1. The molecule has 2 amide bonds. The Morgan fingerprint density at radius 3 is 2.67 bits per heavy atom. The van der Waals surface area contributed by atoms with Crippen LogP contribution >= 0.6 is 0 Å². The number of benzene rings is 1. The van der Waals surface area contributed by atoms with Crippen molar-refractivity contribution in [3.05, 3.63) is 48.0 Å². The van der Waals surface area contributed by atoms with Crippen molar-refractivity contribution in [2.75, 3.05) is 24.6 Å². The third kappa shape index (κ3) is 4.23. The van der Waals surface area contributed by atoms with Gasteiger partial charge in [-0.25, -0.2) is 8.42 Å². The zero-order valence-corrected chi connectivity index (χ0v) is 14.5. The van der Waals surface area contributed by atoms with E-state index in [0.29, 0.717) is 30.6 Å². The van der Waals surface area contributed by atoms with E-state index in [9.17, 15) is 18.0 Å². The first-order valence-electron chi connectivity index (χ1n) is 7.88. The van der Waals surface area contributed by atoms with Crippen LogP contribution < -0.4 is 5.32 Å². The highest BCUT2D eigenvalue weighted by Gasteiger charge is 2.34. The van der Waals surface area contributed by atoms with Crippen LogP contribution in [0.5, 0.6) is 0 Å². The molecular formula is C17H22N2O4S. The number of hydrogen-bond donors (Lipinski definition) is 1. The second-order valence-corrected chi connectivity index (χ2v) is 7.96. The molecule has 6 nitrogen and oxygen atoms in total. The summed E-state index contributed by atoms with van der Waals surface area (Å²) in [5.41, 5.74) is 0.769. The summed E-state index contributed by atoms with van der Waals surface area (Å²) in [6, 6.07) is 6.15. The third-order valence-electron chi connectivity index (χ3n) is 4.03. The van der Waals surface area contributed by atoms with Gasteiger partial charge in [0.05, 0.1) is 11.5 Å². The normalized spacial score (nSPS) is 18.8. The molecule has 1 aliphatic heterocycles. The first kappa shape index (κ1) is 18.2. The van der Waals surface area contributed by atoms with E-state index in [1.54, 1.807) is 29.2 Å². The standard InChI is InChI=1S/C17H22N2O4S/c1-3-9-18-16(20)13-6-5-7-14(11-13)17(21)19(4-2)15-8-10-24(22,23)12-15/h3,5-7,11,15H,1,4,8-10,12H2,2H3,(H,18,20). The minimum absolute atomic E-state index is 0.00604. The molecular weight excluding hydrogens is 328 g/mol. The van der Waals surface area contributed by atoms with Gasteiger partial charge in [-0.1, -0.05) is 12.1 Å². The van der Waals surface area contributed by atoms with Crippen LogP contribution in [0.3, 0.4) is 0 Å². The Balaban J connectivity index is 2.19. The van der Waals surface area contributed by atoms with Crippen molar-refractivity contribution in [1.82, 2.24) is 10.2 Å². The molecule has 1 aromatic carbocycles. The molecule has 2 rings (SSSR count). The predicted molar refractivity (Wildman–Crippen MR) is 92.7 cm³/mol. The minimum atomic E-state index is -3.07. The highest BCUT2D eigenvalue weighted by Crippen LogP contribution is 2.20. The molecule has 0 radical (unpaired) electrons. The molecule has 0 bridgehead atoms. The van der Waals surface area contributed by atoms with Gasteiger partial charge in [-0.2, -0.15) is 0 Å². The number of nitrogens with one attached hydrogen (secondary N) is 1. The average Bonchev–Trinajstić information content (AvgIpc) is 2.93. The molecule has 130 valence electrons. The zero-order chi connectivity index (χ0) is 17.7. The van der Waals surface area contributed by atoms with Gasteiger partial charge in [0.1, 0.15) is 0 Å². The Kier molecular flexibility index (Phi) is 5.77. The van der Waals surface area contributed by atoms with Crippen LogP contribution in [0.25, 0.3) is 0 Å². The van der Waals surface area contributed by atoms with Crippen molar-refractivity contribution in [1.29, 1.82) is 0 Å². The highest BCUT2D eigenvalue weighted by atomic mass is 32.2. The first-order valence-corrected chi connectivity index (χ1v) is 9.70. The number of amides is 2. The molecule has 7 heteroatoms. The second kappa shape index (κ2) is 7.61. The number of carbonyl (C=O) groups excluding carboxylic acids is 2. The lowest BCUT2D eigenvalue weighted by Gasteiger charge is -2.27. The van der Waals surface area contributed by atoms with Gasteiger partial charge < -0.3 is 10.2 Å². The fourth-order valence-electron chi connectivity index (χ4n) is 2.82.